The Morgan fingerprint density at radius 1 is 1.41 bits per heavy atom. The van der Waals surface area contributed by atoms with E-state index in [0.29, 0.717) is 17.1 Å². The summed E-state index contributed by atoms with van der Waals surface area (Å²) in [7, 11) is 3.04. The number of aliphatic carboxylic acids is 1. The van der Waals surface area contributed by atoms with E-state index in [2.05, 4.69) is 0 Å². The first-order chi connectivity index (χ1) is 7.92. The number of hydrogen-bond donors (Lipinski definition) is 2. The molecule has 0 aliphatic heterocycles. The van der Waals surface area contributed by atoms with Crippen LogP contribution in [0.1, 0.15) is 12.5 Å². The zero-order valence-corrected chi connectivity index (χ0v) is 10.2. The highest BCUT2D eigenvalue weighted by Gasteiger charge is 2.29. The van der Waals surface area contributed by atoms with Crippen molar-refractivity contribution in [1.29, 1.82) is 0 Å². The number of carboxylic acid groups (broad SMARTS) is 1. The van der Waals surface area contributed by atoms with Gasteiger partial charge < -0.3 is 20.3 Å². The predicted molar refractivity (Wildman–Crippen MR) is 63.5 cm³/mol. The highest BCUT2D eigenvalue weighted by molar-refractivity contribution is 5.78. The van der Waals surface area contributed by atoms with Gasteiger partial charge >= 0.3 is 5.97 Å². The molecule has 0 bridgehead atoms. The molecule has 1 aromatic carbocycles. The van der Waals surface area contributed by atoms with Crippen molar-refractivity contribution in [2.75, 3.05) is 14.2 Å². The Balaban J connectivity index is 3.10. The molecule has 1 atom stereocenters. The maximum Gasteiger partial charge on any atom is 0.323 e. The summed E-state index contributed by atoms with van der Waals surface area (Å²) in [6, 6.07) is 5.29. The van der Waals surface area contributed by atoms with Gasteiger partial charge in [0.2, 0.25) is 0 Å². The topological polar surface area (TPSA) is 81.8 Å². The maximum absolute atomic E-state index is 11.0. The molecule has 17 heavy (non-hydrogen) atoms. The molecule has 0 amide bonds. The zero-order valence-electron chi connectivity index (χ0n) is 10.2. The highest BCUT2D eigenvalue weighted by Crippen LogP contribution is 2.32. The van der Waals surface area contributed by atoms with Gasteiger partial charge in [-0.1, -0.05) is 12.1 Å². The average molecular weight is 239 g/mol. The van der Waals surface area contributed by atoms with Gasteiger partial charge in [0, 0.05) is 12.0 Å². The van der Waals surface area contributed by atoms with Gasteiger partial charge in [0.05, 0.1) is 14.2 Å². The van der Waals surface area contributed by atoms with Crippen LogP contribution >= 0.6 is 0 Å². The number of hydrogen-bond acceptors (Lipinski definition) is 4. The molecular weight excluding hydrogens is 222 g/mol. The van der Waals surface area contributed by atoms with E-state index >= 15 is 0 Å². The lowest BCUT2D eigenvalue weighted by atomic mass is 9.93. The number of ether oxygens (including phenoxy) is 2. The molecule has 0 saturated carbocycles. The number of methoxy groups -OCH3 is 2. The molecule has 0 radical (unpaired) electrons. The van der Waals surface area contributed by atoms with Gasteiger partial charge in [0.15, 0.2) is 11.5 Å². The van der Waals surface area contributed by atoms with Crippen molar-refractivity contribution in [1.82, 2.24) is 0 Å². The van der Waals surface area contributed by atoms with Crippen molar-refractivity contribution in [3.63, 3.8) is 0 Å². The van der Waals surface area contributed by atoms with Crippen LogP contribution in [0.15, 0.2) is 18.2 Å². The summed E-state index contributed by atoms with van der Waals surface area (Å²) >= 11 is 0. The molecule has 1 unspecified atom stereocenters. The fraction of sp³-hybridized carbons (Fsp3) is 0.417. The predicted octanol–water partition coefficient (Wildman–Crippen LogP) is 1.05. The largest absolute Gasteiger partial charge is 0.493 e. The monoisotopic (exact) mass is 239 g/mol. The molecule has 5 nitrogen and oxygen atoms in total. The summed E-state index contributed by atoms with van der Waals surface area (Å²) in [5, 5.41) is 9.00. The van der Waals surface area contributed by atoms with Gasteiger partial charge in [-0.15, -0.1) is 0 Å². The third kappa shape index (κ3) is 2.88. The lowest BCUT2D eigenvalue weighted by molar-refractivity contribution is -0.142. The molecule has 0 aliphatic carbocycles. The van der Waals surface area contributed by atoms with Crippen LogP contribution in [0, 0.1) is 0 Å². The lowest BCUT2D eigenvalue weighted by Crippen LogP contribution is -2.46. The van der Waals surface area contributed by atoms with Crippen LogP contribution in [0.25, 0.3) is 0 Å². The van der Waals surface area contributed by atoms with Crippen LogP contribution in [0.3, 0.4) is 0 Å². The molecule has 0 aliphatic rings. The summed E-state index contributed by atoms with van der Waals surface area (Å²) in [4.78, 5) is 11.0. The van der Waals surface area contributed by atoms with E-state index < -0.39 is 11.5 Å². The van der Waals surface area contributed by atoms with Crippen LogP contribution in [0.4, 0.5) is 0 Å². The third-order valence-electron chi connectivity index (χ3n) is 2.53. The van der Waals surface area contributed by atoms with Gasteiger partial charge in [0.25, 0.3) is 0 Å². The smallest absolute Gasteiger partial charge is 0.323 e. The lowest BCUT2D eigenvalue weighted by Gasteiger charge is -2.21. The number of benzene rings is 1. The fourth-order valence-corrected chi connectivity index (χ4v) is 1.56. The van der Waals surface area contributed by atoms with E-state index in [1.807, 2.05) is 0 Å². The summed E-state index contributed by atoms with van der Waals surface area (Å²) in [6.07, 6.45) is 0.169. The SMILES string of the molecule is COc1cccc(CC(C)(N)C(=O)O)c1OC. The molecule has 3 N–H and O–H groups in total. The van der Waals surface area contributed by atoms with Crippen LogP contribution < -0.4 is 15.2 Å². The van der Waals surface area contributed by atoms with E-state index in [4.69, 9.17) is 20.3 Å². The quantitative estimate of drug-likeness (QED) is 0.802. The Morgan fingerprint density at radius 3 is 2.53 bits per heavy atom. The summed E-state index contributed by atoms with van der Waals surface area (Å²) in [5.74, 6) is 0.0292. The number of nitrogens with two attached hydrogens (primary N) is 1. The maximum atomic E-state index is 11.0. The molecular formula is C12H17NO4. The number of rotatable bonds is 5. The van der Waals surface area contributed by atoms with E-state index in [-0.39, 0.29) is 6.42 Å². The van der Waals surface area contributed by atoms with Crippen LogP contribution in [-0.2, 0) is 11.2 Å². The van der Waals surface area contributed by atoms with Crippen molar-refractivity contribution in [2.45, 2.75) is 18.9 Å². The minimum Gasteiger partial charge on any atom is -0.493 e. The average Bonchev–Trinajstić information content (AvgIpc) is 2.27. The summed E-state index contributed by atoms with van der Waals surface area (Å²) in [5.41, 5.74) is 5.08. The standard InChI is InChI=1S/C12H17NO4/c1-12(13,11(14)15)7-8-5-4-6-9(16-2)10(8)17-3/h4-6H,7,13H2,1-3H3,(H,14,15). The van der Waals surface area contributed by atoms with Crippen LogP contribution in [0.2, 0.25) is 0 Å². The molecule has 5 heteroatoms. The Kier molecular flexibility index (Phi) is 3.96. The third-order valence-corrected chi connectivity index (χ3v) is 2.53. The van der Waals surface area contributed by atoms with E-state index in [1.165, 1.54) is 21.1 Å². The number of para-hydroxylation sites is 1. The number of carboxylic acids is 1. The van der Waals surface area contributed by atoms with Crippen molar-refractivity contribution in [2.24, 2.45) is 5.73 Å². The molecule has 0 fully saturated rings. The Hall–Kier alpha value is -1.75. The highest BCUT2D eigenvalue weighted by atomic mass is 16.5. The van der Waals surface area contributed by atoms with Gasteiger partial charge in [0.1, 0.15) is 5.54 Å². The van der Waals surface area contributed by atoms with E-state index in [9.17, 15) is 4.79 Å². The Bertz CT molecular complexity index is 415. The van der Waals surface area contributed by atoms with Gasteiger partial charge in [-0.05, 0) is 13.0 Å². The first-order valence-corrected chi connectivity index (χ1v) is 5.14. The molecule has 0 saturated heterocycles. The van der Waals surface area contributed by atoms with E-state index in [1.54, 1.807) is 18.2 Å². The summed E-state index contributed by atoms with van der Waals surface area (Å²) in [6.45, 7) is 1.47. The van der Waals surface area contributed by atoms with Gasteiger partial charge in [-0.2, -0.15) is 0 Å². The molecule has 1 rings (SSSR count). The molecule has 0 heterocycles. The van der Waals surface area contributed by atoms with E-state index in [0.717, 1.165) is 0 Å². The molecule has 1 aromatic rings. The Labute approximate surface area is 100 Å². The van der Waals surface area contributed by atoms with Crippen LogP contribution in [-0.4, -0.2) is 30.8 Å². The number of carbonyl (C=O) groups is 1. The van der Waals surface area contributed by atoms with Gasteiger partial charge in [-0.3, -0.25) is 4.79 Å². The molecule has 0 aromatic heterocycles. The normalized spacial score (nSPS) is 13.9. The summed E-state index contributed by atoms with van der Waals surface area (Å²) < 4.78 is 10.4. The van der Waals surface area contributed by atoms with Crippen molar-refractivity contribution in [3.05, 3.63) is 23.8 Å². The zero-order chi connectivity index (χ0) is 13.1. The van der Waals surface area contributed by atoms with Crippen molar-refractivity contribution in [3.8, 4) is 11.5 Å². The minimum absolute atomic E-state index is 0.169. The van der Waals surface area contributed by atoms with Crippen molar-refractivity contribution < 1.29 is 19.4 Å². The second kappa shape index (κ2) is 5.05. The van der Waals surface area contributed by atoms with Gasteiger partial charge in [-0.25, -0.2) is 0 Å². The molecule has 0 spiro atoms. The molecule has 94 valence electrons. The fourth-order valence-electron chi connectivity index (χ4n) is 1.56. The Morgan fingerprint density at radius 2 is 2.06 bits per heavy atom. The minimum atomic E-state index is -1.33. The van der Waals surface area contributed by atoms with Crippen molar-refractivity contribution >= 4 is 5.97 Å². The second-order valence-corrected chi connectivity index (χ2v) is 4.05. The first kappa shape index (κ1) is 13.3. The second-order valence-electron chi connectivity index (χ2n) is 4.05. The van der Waals surface area contributed by atoms with Crippen LogP contribution in [0.5, 0.6) is 11.5 Å². The first-order valence-electron chi connectivity index (χ1n) is 5.14.